The summed E-state index contributed by atoms with van der Waals surface area (Å²) in [6.45, 7) is 7.10. The minimum atomic E-state index is 0.662. The predicted molar refractivity (Wildman–Crippen MR) is 414 cm³/mol. The lowest BCUT2D eigenvalue weighted by molar-refractivity contribution is 1.01. The summed E-state index contributed by atoms with van der Waals surface area (Å²) in [5.41, 5.74) is 18.1. The second-order valence-electron chi connectivity index (χ2n) is 23.9. The SMILES string of the molecule is CN(c1cccc2ccccc12)c1nc2ccccc2n1-c1ccccc1.CN(c1ccccc1)c1ccc(-c2nc3ccccc3n2-c2ccccc2)cc1.CN(c1ccccc1)c1nc2ccccc2n1-c1ccccc1.[C-]#[N+]c1cccc(N(C)c2ccc3ccccc3c2)c1. The summed E-state index contributed by atoms with van der Waals surface area (Å²) in [5, 5.41) is 4.90. The van der Waals surface area contributed by atoms with Gasteiger partial charge in [-0.2, -0.15) is 0 Å². The third-order valence-corrected chi connectivity index (χ3v) is 17.7. The summed E-state index contributed by atoms with van der Waals surface area (Å²) in [4.78, 5) is 26.8. The van der Waals surface area contributed by atoms with Crippen LogP contribution in [0.2, 0.25) is 0 Å². The van der Waals surface area contributed by atoms with Gasteiger partial charge in [-0.3, -0.25) is 13.7 Å². The highest BCUT2D eigenvalue weighted by Crippen LogP contribution is 2.37. The van der Waals surface area contributed by atoms with Crippen molar-refractivity contribution in [3.63, 3.8) is 0 Å². The molecule has 0 saturated carbocycles. The van der Waals surface area contributed by atoms with E-state index in [9.17, 15) is 0 Å². The van der Waals surface area contributed by atoms with Crippen molar-refractivity contribution < 1.29 is 0 Å². The number of rotatable bonds is 12. The van der Waals surface area contributed by atoms with Crippen LogP contribution in [0.25, 0.3) is 87.9 Å². The summed E-state index contributed by atoms with van der Waals surface area (Å²) in [7, 11) is 8.25. The zero-order valence-electron chi connectivity index (χ0n) is 55.5. The lowest BCUT2D eigenvalue weighted by Crippen LogP contribution is -2.15. The van der Waals surface area contributed by atoms with E-state index in [4.69, 9.17) is 21.5 Å². The van der Waals surface area contributed by atoms with E-state index in [0.717, 1.165) is 108 Å². The van der Waals surface area contributed by atoms with E-state index in [-0.39, 0.29) is 0 Å². The summed E-state index contributed by atoms with van der Waals surface area (Å²) >= 11 is 0. The van der Waals surface area contributed by atoms with Crippen LogP contribution >= 0.6 is 0 Å². The Morgan fingerprint density at radius 3 is 1.23 bits per heavy atom. The molecule has 0 radical (unpaired) electrons. The van der Waals surface area contributed by atoms with E-state index in [1.807, 2.05) is 104 Å². The molecule has 0 unspecified atom stereocenters. The van der Waals surface area contributed by atoms with Crippen molar-refractivity contribution in [2.75, 3.05) is 47.8 Å². The van der Waals surface area contributed by atoms with Gasteiger partial charge in [-0.05, 0) is 168 Å². The van der Waals surface area contributed by atoms with Gasteiger partial charge >= 0.3 is 0 Å². The fourth-order valence-corrected chi connectivity index (χ4v) is 12.5. The van der Waals surface area contributed by atoms with Crippen molar-refractivity contribution >= 4 is 106 Å². The number of aromatic nitrogens is 6. The highest BCUT2D eigenvalue weighted by molar-refractivity contribution is 5.97. The maximum absolute atomic E-state index is 7.10. The van der Waals surface area contributed by atoms with Gasteiger partial charge in [-0.1, -0.05) is 206 Å². The molecule has 3 aromatic heterocycles. The molecule has 478 valence electrons. The van der Waals surface area contributed by atoms with Gasteiger partial charge in [0.2, 0.25) is 11.9 Å². The highest BCUT2D eigenvalue weighted by atomic mass is 15.3. The van der Waals surface area contributed by atoms with Gasteiger partial charge < -0.3 is 19.6 Å². The van der Waals surface area contributed by atoms with Gasteiger partial charge in [0, 0.05) is 84.6 Å². The monoisotopic (exact) mass is 1280 g/mol. The van der Waals surface area contributed by atoms with E-state index >= 15 is 0 Å². The van der Waals surface area contributed by atoms with Crippen LogP contribution in [0, 0.1) is 6.57 Å². The van der Waals surface area contributed by atoms with Gasteiger partial charge in [-0.25, -0.2) is 19.8 Å². The van der Waals surface area contributed by atoms with Crippen LogP contribution in [-0.2, 0) is 0 Å². The summed E-state index contributed by atoms with van der Waals surface area (Å²) < 4.78 is 6.64. The Kier molecular flexibility index (Phi) is 18.6. The summed E-state index contributed by atoms with van der Waals surface area (Å²) in [6, 6.07) is 122. The summed E-state index contributed by atoms with van der Waals surface area (Å²) in [5.74, 6) is 2.76. The molecular formula is C88H71N11. The number of hydrogen-bond acceptors (Lipinski definition) is 7. The van der Waals surface area contributed by atoms with Crippen LogP contribution in [0.5, 0.6) is 0 Å². The number of nitrogens with zero attached hydrogens (tertiary/aromatic N) is 11. The van der Waals surface area contributed by atoms with Crippen LogP contribution in [0.15, 0.2) is 358 Å². The molecule has 0 aliphatic carbocycles. The normalized spacial score (nSPS) is 10.8. The van der Waals surface area contributed by atoms with Gasteiger partial charge in [-0.15, -0.1) is 0 Å². The van der Waals surface area contributed by atoms with Crippen molar-refractivity contribution in [1.82, 2.24) is 28.7 Å². The maximum atomic E-state index is 7.10. The molecule has 0 aliphatic heterocycles. The number of hydrogen-bond donors (Lipinski definition) is 0. The summed E-state index contributed by atoms with van der Waals surface area (Å²) in [6.07, 6.45) is 0. The molecule has 17 rings (SSSR count). The highest BCUT2D eigenvalue weighted by Gasteiger charge is 2.21. The number of benzene rings is 14. The van der Waals surface area contributed by atoms with Crippen molar-refractivity contribution in [2.45, 2.75) is 0 Å². The number of anilines is 8. The number of imidazole rings is 3. The smallest absolute Gasteiger partial charge is 0.215 e. The Bertz CT molecular complexity index is 5590. The van der Waals surface area contributed by atoms with Crippen molar-refractivity contribution in [1.29, 1.82) is 0 Å². The molecule has 11 heteroatoms. The first kappa shape index (κ1) is 63.1. The van der Waals surface area contributed by atoms with Crippen molar-refractivity contribution in [2.24, 2.45) is 0 Å². The molecule has 0 bridgehead atoms. The van der Waals surface area contributed by atoms with Crippen LogP contribution < -0.4 is 19.6 Å². The van der Waals surface area contributed by atoms with E-state index in [0.29, 0.717) is 5.69 Å². The Hall–Kier alpha value is -13.3. The second kappa shape index (κ2) is 29.1. The van der Waals surface area contributed by atoms with Crippen molar-refractivity contribution in [3.05, 3.63) is 369 Å². The second-order valence-corrected chi connectivity index (χ2v) is 23.9. The molecule has 99 heavy (non-hydrogen) atoms. The van der Waals surface area contributed by atoms with E-state index in [2.05, 4.69) is 320 Å². The first-order valence-electron chi connectivity index (χ1n) is 32.9. The number of fused-ring (bicyclic) bond motifs is 5. The lowest BCUT2D eigenvalue weighted by Gasteiger charge is -2.22. The quantitative estimate of drug-likeness (QED) is 0.113. The molecule has 3 heterocycles. The molecular weight excluding hydrogens is 1210 g/mol. The molecule has 0 N–H and O–H groups in total. The van der Waals surface area contributed by atoms with E-state index in [1.165, 1.54) is 21.5 Å². The van der Waals surface area contributed by atoms with Crippen LogP contribution in [0.1, 0.15) is 0 Å². The maximum Gasteiger partial charge on any atom is 0.215 e. The average molecular weight is 1280 g/mol. The first-order chi connectivity index (χ1) is 48.8. The molecule has 0 spiro atoms. The molecule has 11 nitrogen and oxygen atoms in total. The van der Waals surface area contributed by atoms with Gasteiger partial charge in [0.25, 0.3) is 0 Å². The molecule has 0 amide bonds. The topological polar surface area (TPSA) is 70.8 Å². The largest absolute Gasteiger partial charge is 0.346 e. The van der Waals surface area contributed by atoms with Crippen LogP contribution in [0.3, 0.4) is 0 Å². The lowest BCUT2D eigenvalue weighted by atomic mass is 10.1. The fraction of sp³-hybridized carbons (Fsp3) is 0.0455. The van der Waals surface area contributed by atoms with Gasteiger partial charge in [0.15, 0.2) is 5.69 Å². The van der Waals surface area contributed by atoms with Gasteiger partial charge in [0.05, 0.1) is 45.4 Å². The Morgan fingerprint density at radius 1 is 0.283 bits per heavy atom. The Balaban J connectivity index is 0.000000114. The minimum Gasteiger partial charge on any atom is -0.346 e. The minimum absolute atomic E-state index is 0.662. The van der Waals surface area contributed by atoms with Crippen LogP contribution in [0.4, 0.5) is 51.7 Å². The Morgan fingerprint density at radius 2 is 0.667 bits per heavy atom. The fourth-order valence-electron chi connectivity index (χ4n) is 12.5. The molecule has 17 aromatic rings. The predicted octanol–water partition coefficient (Wildman–Crippen LogP) is 22.4. The zero-order valence-corrected chi connectivity index (χ0v) is 55.5. The first-order valence-corrected chi connectivity index (χ1v) is 32.9. The Labute approximate surface area is 577 Å². The van der Waals surface area contributed by atoms with E-state index in [1.54, 1.807) is 0 Å². The molecule has 14 aromatic carbocycles. The average Bonchev–Trinajstić information content (AvgIpc) is 1.65. The number of para-hydroxylation sites is 11. The third-order valence-electron chi connectivity index (χ3n) is 17.7. The molecule has 0 fully saturated rings. The third kappa shape index (κ3) is 13.6. The molecule has 0 atom stereocenters. The van der Waals surface area contributed by atoms with Gasteiger partial charge in [0.1, 0.15) is 5.82 Å². The molecule has 0 aliphatic rings. The van der Waals surface area contributed by atoms with E-state index < -0.39 is 0 Å². The standard InChI is InChI=1S/C26H21N3.C24H19N3.C20H17N3.C18H14N2/c1-28(21-10-4-2-5-11-21)22-18-16-20(17-19-22)26-27-24-14-8-9-15-25(24)29(26)23-12-6-3-7-13-23;1-26(22-17-9-11-18-10-5-6-14-20(18)22)24-25-21-15-7-8-16-23(21)27(24)19-12-3-2-4-13-19;1-22(16-10-4-2-5-11-16)20-21-18-14-8-9-15-19(18)23(20)17-12-6-3-7-13-17;1-19-16-8-5-9-17(13-16)20(2)18-11-10-14-6-3-4-7-15(14)12-18/h2-19H,1H3;2-17H,1H3;2-15H,1H3;3-13H,2H3. The molecule has 0 saturated heterocycles. The van der Waals surface area contributed by atoms with Crippen molar-refractivity contribution in [3.8, 4) is 28.5 Å². The van der Waals surface area contributed by atoms with Crippen LogP contribution in [-0.4, -0.2) is 56.8 Å². The zero-order chi connectivity index (χ0) is 67.4.